The van der Waals surface area contributed by atoms with Gasteiger partial charge in [-0.2, -0.15) is 0 Å². The number of hydrogen-bond donors (Lipinski definition) is 2. The highest BCUT2D eigenvalue weighted by Crippen LogP contribution is 2.28. The van der Waals surface area contributed by atoms with E-state index in [1.165, 1.54) is 22.7 Å². The maximum Gasteiger partial charge on any atom is 0.327 e. The highest BCUT2D eigenvalue weighted by molar-refractivity contribution is 8.00. The van der Waals surface area contributed by atoms with Crippen LogP contribution in [-0.4, -0.2) is 39.2 Å². The first-order valence-corrected chi connectivity index (χ1v) is 7.29. The molecule has 1 aliphatic rings. The fraction of sp³-hybridized carbons (Fsp3) is 0.385. The van der Waals surface area contributed by atoms with Gasteiger partial charge in [-0.1, -0.05) is 6.07 Å². The van der Waals surface area contributed by atoms with Gasteiger partial charge in [0.2, 0.25) is 0 Å². The summed E-state index contributed by atoms with van der Waals surface area (Å²) in [6.07, 6.45) is 0. The Hall–Kier alpha value is -1.83. The fourth-order valence-electron chi connectivity index (χ4n) is 2.06. The molecule has 21 heavy (non-hydrogen) atoms. The van der Waals surface area contributed by atoms with Crippen molar-refractivity contribution in [2.45, 2.75) is 24.9 Å². The number of nitrogens with one attached hydrogen (secondary N) is 1. The van der Waals surface area contributed by atoms with Crippen molar-refractivity contribution in [3.8, 4) is 0 Å². The minimum Gasteiger partial charge on any atom is -0.480 e. The zero-order chi connectivity index (χ0) is 15.6. The first kappa shape index (κ1) is 15.6. The standard InChI is InChI=1S/C13H14F2N2O3S/c1-7-17(11(6-21-7)12(18)19)13(20)16-5-8-2-3-9(14)10(15)4-8/h2-4,7,11H,5-6H2,1H3,(H,16,20)(H,18,19). The number of amides is 2. The predicted molar refractivity (Wildman–Crippen MR) is 73.8 cm³/mol. The van der Waals surface area contributed by atoms with Crippen LogP contribution in [0.2, 0.25) is 0 Å². The number of carbonyl (C=O) groups is 2. The lowest BCUT2D eigenvalue weighted by atomic mass is 10.2. The van der Waals surface area contributed by atoms with Gasteiger partial charge in [-0.05, 0) is 24.6 Å². The van der Waals surface area contributed by atoms with Crippen LogP contribution in [0.25, 0.3) is 0 Å². The van der Waals surface area contributed by atoms with Crippen LogP contribution in [-0.2, 0) is 11.3 Å². The Morgan fingerprint density at radius 3 is 2.76 bits per heavy atom. The molecule has 0 spiro atoms. The maximum absolute atomic E-state index is 13.1. The van der Waals surface area contributed by atoms with Crippen LogP contribution < -0.4 is 5.32 Å². The molecule has 8 heteroatoms. The van der Waals surface area contributed by atoms with Gasteiger partial charge in [0.25, 0.3) is 0 Å². The zero-order valence-corrected chi connectivity index (χ0v) is 12.0. The van der Waals surface area contributed by atoms with Crippen LogP contribution >= 0.6 is 11.8 Å². The van der Waals surface area contributed by atoms with Gasteiger partial charge in [-0.15, -0.1) is 11.8 Å². The van der Waals surface area contributed by atoms with E-state index in [-0.39, 0.29) is 11.9 Å². The second-order valence-corrected chi connectivity index (χ2v) is 5.95. The third-order valence-corrected chi connectivity index (χ3v) is 4.39. The van der Waals surface area contributed by atoms with E-state index in [0.717, 1.165) is 12.1 Å². The summed E-state index contributed by atoms with van der Waals surface area (Å²) in [4.78, 5) is 24.4. The molecule has 2 rings (SSSR count). The van der Waals surface area contributed by atoms with Gasteiger partial charge in [0, 0.05) is 12.3 Å². The summed E-state index contributed by atoms with van der Waals surface area (Å²) in [7, 11) is 0. The molecule has 1 aromatic carbocycles. The highest BCUT2D eigenvalue weighted by Gasteiger charge is 2.39. The molecule has 0 aromatic heterocycles. The van der Waals surface area contributed by atoms with Crippen molar-refractivity contribution in [2.24, 2.45) is 0 Å². The molecule has 2 unspecified atom stereocenters. The second-order valence-electron chi connectivity index (χ2n) is 4.60. The van der Waals surface area contributed by atoms with E-state index in [4.69, 9.17) is 5.11 Å². The fourth-order valence-corrected chi connectivity index (χ4v) is 3.23. The van der Waals surface area contributed by atoms with Gasteiger partial charge in [0.05, 0.1) is 5.37 Å². The third kappa shape index (κ3) is 3.44. The van der Waals surface area contributed by atoms with E-state index in [1.807, 2.05) is 0 Å². The average Bonchev–Trinajstić information content (AvgIpc) is 2.82. The van der Waals surface area contributed by atoms with E-state index < -0.39 is 29.7 Å². The number of nitrogens with zero attached hydrogens (tertiary/aromatic N) is 1. The van der Waals surface area contributed by atoms with Crippen LogP contribution in [0.3, 0.4) is 0 Å². The van der Waals surface area contributed by atoms with Gasteiger partial charge < -0.3 is 10.4 Å². The largest absolute Gasteiger partial charge is 0.480 e. The van der Waals surface area contributed by atoms with E-state index in [1.54, 1.807) is 6.92 Å². The molecule has 2 N–H and O–H groups in total. The molecule has 114 valence electrons. The summed E-state index contributed by atoms with van der Waals surface area (Å²) in [6, 6.07) is 1.91. The van der Waals surface area contributed by atoms with Crippen molar-refractivity contribution in [3.63, 3.8) is 0 Å². The molecule has 1 heterocycles. The summed E-state index contributed by atoms with van der Waals surface area (Å²) in [5.74, 6) is -2.68. The molecule has 1 saturated heterocycles. The van der Waals surface area contributed by atoms with Crippen molar-refractivity contribution in [1.82, 2.24) is 10.2 Å². The average molecular weight is 316 g/mol. The Morgan fingerprint density at radius 1 is 1.43 bits per heavy atom. The molecule has 1 aromatic rings. The number of hydrogen-bond acceptors (Lipinski definition) is 3. The van der Waals surface area contributed by atoms with Gasteiger partial charge in [0.15, 0.2) is 11.6 Å². The minimum absolute atomic E-state index is 0.00371. The number of benzene rings is 1. The predicted octanol–water partition coefficient (Wildman–Crippen LogP) is 2.02. The van der Waals surface area contributed by atoms with E-state index in [2.05, 4.69) is 5.32 Å². The number of halogens is 2. The topological polar surface area (TPSA) is 69.6 Å². The van der Waals surface area contributed by atoms with Crippen LogP contribution in [0.5, 0.6) is 0 Å². The van der Waals surface area contributed by atoms with E-state index in [9.17, 15) is 18.4 Å². The van der Waals surface area contributed by atoms with Gasteiger partial charge in [-0.25, -0.2) is 18.4 Å². The minimum atomic E-state index is -1.06. The summed E-state index contributed by atoms with van der Waals surface area (Å²) in [5, 5.41) is 11.3. The van der Waals surface area contributed by atoms with Crippen molar-refractivity contribution < 1.29 is 23.5 Å². The van der Waals surface area contributed by atoms with Crippen LogP contribution in [0.1, 0.15) is 12.5 Å². The van der Waals surface area contributed by atoms with Gasteiger partial charge in [0.1, 0.15) is 6.04 Å². The van der Waals surface area contributed by atoms with E-state index in [0.29, 0.717) is 11.3 Å². The number of carboxylic acids is 1. The molecular weight excluding hydrogens is 302 g/mol. The molecule has 2 atom stereocenters. The molecule has 1 fully saturated rings. The highest BCUT2D eigenvalue weighted by atomic mass is 32.2. The Bertz CT molecular complexity index is 570. The van der Waals surface area contributed by atoms with Crippen LogP contribution in [0.15, 0.2) is 18.2 Å². The Morgan fingerprint density at radius 2 is 2.14 bits per heavy atom. The molecule has 0 bridgehead atoms. The first-order chi connectivity index (χ1) is 9.90. The molecule has 2 amide bonds. The quantitative estimate of drug-likeness (QED) is 0.895. The smallest absolute Gasteiger partial charge is 0.327 e. The van der Waals surface area contributed by atoms with Gasteiger partial charge in [-0.3, -0.25) is 4.90 Å². The SMILES string of the molecule is CC1SCC(C(=O)O)N1C(=O)NCc1ccc(F)c(F)c1. The Balaban J connectivity index is 2.00. The van der Waals surface area contributed by atoms with Crippen molar-refractivity contribution in [2.75, 3.05) is 5.75 Å². The lowest BCUT2D eigenvalue weighted by molar-refractivity contribution is -0.141. The lowest BCUT2D eigenvalue weighted by Gasteiger charge is -2.25. The number of carboxylic acid groups (broad SMARTS) is 1. The number of rotatable bonds is 3. The second kappa shape index (κ2) is 6.30. The molecule has 0 radical (unpaired) electrons. The number of thioether (sulfide) groups is 1. The Labute approximate surface area is 124 Å². The molecule has 1 aliphatic heterocycles. The van der Waals surface area contributed by atoms with E-state index >= 15 is 0 Å². The Kier molecular flexibility index (Phi) is 4.66. The maximum atomic E-state index is 13.1. The zero-order valence-electron chi connectivity index (χ0n) is 11.2. The third-order valence-electron chi connectivity index (χ3n) is 3.17. The van der Waals surface area contributed by atoms with Crippen LogP contribution in [0, 0.1) is 11.6 Å². The number of urea groups is 1. The van der Waals surface area contributed by atoms with Gasteiger partial charge >= 0.3 is 12.0 Å². The molecular formula is C13H14F2N2O3S. The molecule has 0 aliphatic carbocycles. The van der Waals surface area contributed by atoms with Crippen molar-refractivity contribution >= 4 is 23.8 Å². The lowest BCUT2D eigenvalue weighted by Crippen LogP contribution is -2.49. The van der Waals surface area contributed by atoms with Crippen molar-refractivity contribution in [3.05, 3.63) is 35.4 Å². The summed E-state index contributed by atoms with van der Waals surface area (Å²) < 4.78 is 25.9. The molecule has 0 saturated carbocycles. The first-order valence-electron chi connectivity index (χ1n) is 6.24. The summed E-state index contributed by atoms with van der Waals surface area (Å²) >= 11 is 1.37. The number of aliphatic carboxylic acids is 1. The summed E-state index contributed by atoms with van der Waals surface area (Å²) in [6.45, 7) is 1.74. The molecule has 5 nitrogen and oxygen atoms in total. The number of carbonyl (C=O) groups excluding carboxylic acids is 1. The van der Waals surface area contributed by atoms with Crippen LogP contribution in [0.4, 0.5) is 13.6 Å². The van der Waals surface area contributed by atoms with Crippen molar-refractivity contribution in [1.29, 1.82) is 0 Å². The monoisotopic (exact) mass is 316 g/mol. The normalized spacial score (nSPS) is 21.4. The summed E-state index contributed by atoms with van der Waals surface area (Å²) in [5.41, 5.74) is 0.397.